The fraction of sp³-hybridized carbons (Fsp3) is 0.391. The van der Waals surface area contributed by atoms with Crippen LogP contribution in [-0.4, -0.2) is 31.4 Å². The lowest BCUT2D eigenvalue weighted by atomic mass is 10.0. The van der Waals surface area contributed by atoms with Crippen LogP contribution in [0.5, 0.6) is 0 Å². The minimum atomic E-state index is -4.36. The number of hydrogen-bond acceptors (Lipinski definition) is 4. The second kappa shape index (κ2) is 8.59. The molecule has 3 rings (SSSR count). The van der Waals surface area contributed by atoms with Crippen LogP contribution in [0, 0.1) is 0 Å². The van der Waals surface area contributed by atoms with E-state index in [0.717, 1.165) is 23.1 Å². The first-order valence-corrected chi connectivity index (χ1v) is 13.1. The van der Waals surface area contributed by atoms with Crippen molar-refractivity contribution in [2.75, 3.05) is 18.5 Å². The van der Waals surface area contributed by atoms with Crippen LogP contribution in [0.2, 0.25) is 18.1 Å². The summed E-state index contributed by atoms with van der Waals surface area (Å²) in [6.07, 6.45) is -1.01. The number of nitrogens with zero attached hydrogens (tertiary/aromatic N) is 2. The Morgan fingerprint density at radius 3 is 2.29 bits per heavy atom. The molecule has 0 spiro atoms. The summed E-state index contributed by atoms with van der Waals surface area (Å²) in [5.74, 6) is 0.630. The molecule has 0 bridgehead atoms. The highest BCUT2D eigenvalue weighted by atomic mass is 28.4. The van der Waals surface area contributed by atoms with E-state index in [9.17, 15) is 13.2 Å². The molecule has 166 valence electrons. The highest BCUT2D eigenvalue weighted by molar-refractivity contribution is 6.74. The van der Waals surface area contributed by atoms with E-state index in [0.29, 0.717) is 30.0 Å². The quantitative estimate of drug-likeness (QED) is 0.335. The molecule has 1 N–H and O–H groups in total. The van der Waals surface area contributed by atoms with Crippen LogP contribution in [0.15, 0.2) is 48.8 Å². The fourth-order valence-corrected chi connectivity index (χ4v) is 4.01. The fourth-order valence-electron chi connectivity index (χ4n) is 2.96. The molecule has 31 heavy (non-hydrogen) atoms. The van der Waals surface area contributed by atoms with Crippen molar-refractivity contribution in [2.24, 2.45) is 0 Å². The van der Waals surface area contributed by atoms with Gasteiger partial charge in [-0.15, -0.1) is 0 Å². The van der Waals surface area contributed by atoms with E-state index in [-0.39, 0.29) is 5.04 Å². The molecule has 0 radical (unpaired) electrons. The van der Waals surface area contributed by atoms with Crippen LogP contribution in [0.1, 0.15) is 26.3 Å². The molecule has 0 saturated carbocycles. The second-order valence-electron chi connectivity index (χ2n) is 9.03. The molecule has 0 fully saturated rings. The molecule has 0 aliphatic carbocycles. The van der Waals surface area contributed by atoms with Crippen molar-refractivity contribution < 1.29 is 17.6 Å². The third kappa shape index (κ3) is 5.24. The SMILES string of the molecule is CC(C)(C)[Si](C)(C)OCCNc1ncc(-c2ccc(C(F)(F)F)cc2)c2cccnc12. The van der Waals surface area contributed by atoms with Crippen LogP contribution in [0.4, 0.5) is 19.0 Å². The molecule has 3 aromatic rings. The Morgan fingerprint density at radius 2 is 1.68 bits per heavy atom. The van der Waals surface area contributed by atoms with Crippen LogP contribution in [-0.2, 0) is 10.6 Å². The van der Waals surface area contributed by atoms with E-state index >= 15 is 0 Å². The zero-order valence-electron chi connectivity index (χ0n) is 18.5. The van der Waals surface area contributed by atoms with Gasteiger partial charge in [0.25, 0.3) is 0 Å². The van der Waals surface area contributed by atoms with Gasteiger partial charge in [0.1, 0.15) is 5.52 Å². The van der Waals surface area contributed by atoms with Gasteiger partial charge in [-0.3, -0.25) is 4.98 Å². The van der Waals surface area contributed by atoms with E-state index < -0.39 is 20.1 Å². The number of benzene rings is 1. The highest BCUT2D eigenvalue weighted by Crippen LogP contribution is 2.37. The maximum Gasteiger partial charge on any atom is 0.416 e. The molecule has 2 aromatic heterocycles. The summed E-state index contributed by atoms with van der Waals surface area (Å²) in [5, 5.41) is 4.26. The number of halogens is 3. The molecule has 4 nitrogen and oxygen atoms in total. The smallest absolute Gasteiger partial charge is 0.415 e. The van der Waals surface area contributed by atoms with Gasteiger partial charge in [-0.2, -0.15) is 13.2 Å². The number of rotatable bonds is 6. The van der Waals surface area contributed by atoms with E-state index in [1.54, 1.807) is 18.5 Å². The third-order valence-electron chi connectivity index (χ3n) is 5.83. The molecule has 1 aromatic carbocycles. The van der Waals surface area contributed by atoms with Crippen molar-refractivity contribution in [3.8, 4) is 11.1 Å². The maximum atomic E-state index is 12.9. The molecule has 0 aliphatic rings. The second-order valence-corrected chi connectivity index (χ2v) is 13.8. The van der Waals surface area contributed by atoms with E-state index in [2.05, 4.69) is 49.1 Å². The zero-order chi connectivity index (χ0) is 22.9. The highest BCUT2D eigenvalue weighted by Gasteiger charge is 2.36. The van der Waals surface area contributed by atoms with Crippen molar-refractivity contribution in [3.63, 3.8) is 0 Å². The number of fused-ring (bicyclic) bond motifs is 1. The van der Waals surface area contributed by atoms with E-state index in [1.807, 2.05) is 6.07 Å². The normalized spacial score (nSPS) is 12.9. The molecular formula is C23H28F3N3OSi. The Balaban J connectivity index is 1.80. The lowest BCUT2D eigenvalue weighted by Gasteiger charge is -2.36. The Morgan fingerprint density at radius 1 is 1.00 bits per heavy atom. The average molecular weight is 448 g/mol. The minimum Gasteiger partial charge on any atom is -0.415 e. The Bertz CT molecular complexity index is 1040. The van der Waals surface area contributed by atoms with Gasteiger partial charge in [0.05, 0.1) is 12.2 Å². The number of hydrogen-bond donors (Lipinski definition) is 1. The molecule has 0 saturated heterocycles. The molecule has 0 atom stereocenters. The van der Waals surface area contributed by atoms with E-state index in [4.69, 9.17) is 4.43 Å². The molecule has 0 amide bonds. The first-order chi connectivity index (χ1) is 14.4. The Hall–Kier alpha value is -2.45. The van der Waals surface area contributed by atoms with Crippen molar-refractivity contribution in [1.29, 1.82) is 0 Å². The standard InChI is InChI=1S/C23H28F3N3OSi/c1-22(2,3)31(4,5)30-14-13-28-21-20-18(7-6-12-27-20)19(15-29-21)16-8-10-17(11-9-16)23(24,25)26/h6-12,15H,13-14H2,1-5H3,(H,28,29). The van der Waals surface area contributed by atoms with Crippen LogP contribution >= 0.6 is 0 Å². The van der Waals surface area contributed by atoms with Crippen molar-refractivity contribution >= 4 is 25.0 Å². The Labute approximate surface area is 182 Å². The van der Waals surface area contributed by atoms with Gasteiger partial charge in [0, 0.05) is 29.9 Å². The Kier molecular flexibility index (Phi) is 6.43. The van der Waals surface area contributed by atoms with Crippen LogP contribution in [0.3, 0.4) is 0 Å². The molecular weight excluding hydrogens is 419 g/mol. The number of aromatic nitrogens is 2. The van der Waals surface area contributed by atoms with Crippen LogP contribution < -0.4 is 5.32 Å². The van der Waals surface area contributed by atoms with Gasteiger partial charge in [0.2, 0.25) is 0 Å². The predicted molar refractivity (Wildman–Crippen MR) is 122 cm³/mol. The monoisotopic (exact) mass is 447 g/mol. The number of alkyl halides is 3. The summed E-state index contributed by atoms with van der Waals surface area (Å²) in [6.45, 7) is 12.2. The summed E-state index contributed by atoms with van der Waals surface area (Å²) in [5.41, 5.74) is 1.39. The van der Waals surface area contributed by atoms with Gasteiger partial charge in [0.15, 0.2) is 14.1 Å². The van der Waals surface area contributed by atoms with Gasteiger partial charge >= 0.3 is 6.18 Å². The molecule has 8 heteroatoms. The summed E-state index contributed by atoms with van der Waals surface area (Å²) < 4.78 is 44.8. The van der Waals surface area contributed by atoms with Crippen molar-refractivity contribution in [1.82, 2.24) is 9.97 Å². The van der Waals surface area contributed by atoms with Gasteiger partial charge < -0.3 is 9.74 Å². The zero-order valence-corrected chi connectivity index (χ0v) is 19.5. The number of pyridine rings is 2. The average Bonchev–Trinajstić information content (AvgIpc) is 2.70. The third-order valence-corrected chi connectivity index (χ3v) is 10.4. The van der Waals surface area contributed by atoms with Crippen LogP contribution in [0.25, 0.3) is 22.0 Å². The van der Waals surface area contributed by atoms with E-state index in [1.165, 1.54) is 12.1 Å². The first kappa shape index (κ1) is 23.2. The topological polar surface area (TPSA) is 47.0 Å². The van der Waals surface area contributed by atoms with Gasteiger partial charge in [-0.1, -0.05) is 39.0 Å². The first-order valence-electron chi connectivity index (χ1n) is 10.2. The molecule has 2 heterocycles. The minimum absolute atomic E-state index is 0.142. The van der Waals surface area contributed by atoms with Crippen molar-refractivity contribution in [2.45, 2.75) is 45.1 Å². The summed E-state index contributed by atoms with van der Waals surface area (Å²) >= 11 is 0. The summed E-state index contributed by atoms with van der Waals surface area (Å²) in [4.78, 5) is 8.95. The lowest BCUT2D eigenvalue weighted by Crippen LogP contribution is -2.41. The van der Waals surface area contributed by atoms with Gasteiger partial charge in [-0.05, 0) is 41.9 Å². The number of anilines is 1. The van der Waals surface area contributed by atoms with Gasteiger partial charge in [-0.25, -0.2) is 4.98 Å². The van der Waals surface area contributed by atoms with Crippen molar-refractivity contribution in [3.05, 3.63) is 54.4 Å². The summed E-state index contributed by atoms with van der Waals surface area (Å²) in [7, 11) is -1.82. The summed E-state index contributed by atoms with van der Waals surface area (Å²) in [6, 6.07) is 8.80. The molecule has 0 unspecified atom stereocenters. The largest absolute Gasteiger partial charge is 0.416 e. The predicted octanol–water partition coefficient (Wildman–Crippen LogP) is 6.75. The lowest BCUT2D eigenvalue weighted by molar-refractivity contribution is -0.137. The maximum absolute atomic E-state index is 12.9. The molecule has 0 aliphatic heterocycles. The number of nitrogens with one attached hydrogen (secondary N) is 1.